The molecule has 0 saturated heterocycles. The van der Waals surface area contributed by atoms with Crippen molar-refractivity contribution in [3.8, 4) is 0 Å². The molecule has 0 aliphatic carbocycles. The van der Waals surface area contributed by atoms with Crippen molar-refractivity contribution < 1.29 is 39.3 Å². The summed E-state index contributed by atoms with van der Waals surface area (Å²) < 4.78 is 0. The lowest BCUT2D eigenvalue weighted by Gasteiger charge is -2.23. The fraction of sp³-hybridized carbons (Fsp3) is 0.643. The minimum absolute atomic E-state index is 0.251. The van der Waals surface area contributed by atoms with Gasteiger partial charge < -0.3 is 37.0 Å². The van der Waals surface area contributed by atoms with Crippen LogP contribution in [0, 0.1) is 0 Å². The molecule has 12 nitrogen and oxygen atoms in total. The van der Waals surface area contributed by atoms with Gasteiger partial charge in [0.25, 0.3) is 0 Å². The molecule has 0 aromatic rings. The van der Waals surface area contributed by atoms with Gasteiger partial charge in [-0.05, 0) is 13.8 Å². The molecule has 0 aromatic heterocycles. The average molecular weight is 408 g/mol. The Morgan fingerprint density at radius 3 is 1.85 bits per heavy atom. The van der Waals surface area contributed by atoms with Gasteiger partial charge in [0.15, 0.2) is 0 Å². The summed E-state index contributed by atoms with van der Waals surface area (Å²) in [6.07, 6.45) is -1.98. The van der Waals surface area contributed by atoms with Gasteiger partial charge >= 0.3 is 11.9 Å². The van der Waals surface area contributed by atoms with Gasteiger partial charge in [-0.25, -0.2) is 4.79 Å². The fourth-order valence-corrected chi connectivity index (χ4v) is 1.98. The Hall–Kier alpha value is -2.38. The van der Waals surface area contributed by atoms with Gasteiger partial charge in [0.05, 0.1) is 12.5 Å². The molecule has 0 aromatic carbocycles. The summed E-state index contributed by atoms with van der Waals surface area (Å²) in [7, 11) is 0. The van der Waals surface area contributed by atoms with Crippen LogP contribution in [0.5, 0.6) is 0 Å². The second-order valence-electron chi connectivity index (χ2n) is 5.74. The van der Waals surface area contributed by atoms with E-state index in [-0.39, 0.29) is 5.75 Å². The summed E-state index contributed by atoms with van der Waals surface area (Å²) in [6, 6.07) is -5.45. The van der Waals surface area contributed by atoms with Gasteiger partial charge in [-0.2, -0.15) is 12.6 Å². The Morgan fingerprint density at radius 1 is 0.926 bits per heavy atom. The number of amides is 3. The quantitative estimate of drug-likeness (QED) is 0.160. The lowest BCUT2D eigenvalue weighted by atomic mass is 10.1. The van der Waals surface area contributed by atoms with Crippen molar-refractivity contribution in [1.82, 2.24) is 16.0 Å². The van der Waals surface area contributed by atoms with E-state index >= 15 is 0 Å². The number of rotatable bonds is 11. The number of nitrogens with two attached hydrogens (primary N) is 1. The van der Waals surface area contributed by atoms with Crippen LogP contribution in [0.15, 0.2) is 0 Å². The summed E-state index contributed by atoms with van der Waals surface area (Å²) in [4.78, 5) is 57.8. The molecule has 0 fully saturated rings. The minimum Gasteiger partial charge on any atom is -0.481 e. The van der Waals surface area contributed by atoms with E-state index in [9.17, 15) is 29.1 Å². The first-order chi connectivity index (χ1) is 12.4. The van der Waals surface area contributed by atoms with Crippen LogP contribution in [-0.4, -0.2) is 81.0 Å². The van der Waals surface area contributed by atoms with Crippen LogP contribution < -0.4 is 21.7 Å². The minimum atomic E-state index is -1.58. The van der Waals surface area contributed by atoms with Gasteiger partial charge in [0.1, 0.15) is 24.2 Å². The second-order valence-corrected chi connectivity index (χ2v) is 6.10. The largest absolute Gasteiger partial charge is 0.481 e. The molecule has 0 spiro atoms. The first-order valence-corrected chi connectivity index (χ1v) is 8.44. The third-order valence-electron chi connectivity index (χ3n) is 3.38. The molecule has 5 atom stereocenters. The number of thiol groups is 1. The van der Waals surface area contributed by atoms with E-state index < -0.39 is 66.4 Å². The molecule has 0 bridgehead atoms. The van der Waals surface area contributed by atoms with E-state index in [0.29, 0.717) is 0 Å². The lowest BCUT2D eigenvalue weighted by molar-refractivity contribution is -0.143. The van der Waals surface area contributed by atoms with E-state index in [4.69, 9.17) is 15.9 Å². The Balaban J connectivity index is 5.04. The van der Waals surface area contributed by atoms with E-state index in [1.165, 1.54) is 13.8 Å². The maximum atomic E-state index is 12.1. The van der Waals surface area contributed by atoms with Gasteiger partial charge in [-0.1, -0.05) is 0 Å². The fourth-order valence-electron chi connectivity index (χ4n) is 1.73. The highest BCUT2D eigenvalue weighted by molar-refractivity contribution is 7.80. The Labute approximate surface area is 160 Å². The molecule has 27 heavy (non-hydrogen) atoms. The average Bonchev–Trinajstić information content (AvgIpc) is 2.56. The standard InChI is InChI=1S/C14H24N4O8S/c1-5(16-13(24)10(15)6(2)19)11(22)17-7(3-9(20)21)12(23)18-8(4-27)14(25)26/h5-8,10,19,27H,3-4,15H2,1-2H3,(H,16,24)(H,17,22)(H,18,23)(H,20,21)(H,25,26). The highest BCUT2D eigenvalue weighted by Gasteiger charge is 2.30. The summed E-state index contributed by atoms with van der Waals surface area (Å²) in [5.74, 6) is -5.81. The van der Waals surface area contributed by atoms with E-state index in [0.717, 1.165) is 0 Å². The molecule has 0 rings (SSSR count). The SMILES string of the molecule is CC(NC(=O)C(N)C(C)O)C(=O)NC(CC(=O)O)C(=O)NC(CS)C(=O)O. The van der Waals surface area contributed by atoms with Crippen molar-refractivity contribution in [3.63, 3.8) is 0 Å². The van der Waals surface area contributed by atoms with Crippen molar-refractivity contribution >= 4 is 42.3 Å². The highest BCUT2D eigenvalue weighted by atomic mass is 32.1. The van der Waals surface area contributed by atoms with Crippen LogP contribution >= 0.6 is 12.6 Å². The lowest BCUT2D eigenvalue weighted by Crippen LogP contribution is -2.57. The number of aliphatic hydroxyl groups excluding tert-OH is 1. The number of carbonyl (C=O) groups excluding carboxylic acids is 3. The number of aliphatic carboxylic acids is 2. The first kappa shape index (κ1) is 24.6. The smallest absolute Gasteiger partial charge is 0.327 e. The zero-order chi connectivity index (χ0) is 21.3. The van der Waals surface area contributed by atoms with Crippen LogP contribution in [-0.2, 0) is 24.0 Å². The molecule has 0 aliphatic rings. The second kappa shape index (κ2) is 11.4. The number of carbonyl (C=O) groups is 5. The van der Waals surface area contributed by atoms with Crippen molar-refractivity contribution in [2.45, 2.75) is 50.5 Å². The van der Waals surface area contributed by atoms with Crippen LogP contribution in [0.3, 0.4) is 0 Å². The van der Waals surface area contributed by atoms with E-state index in [1.54, 1.807) is 0 Å². The number of hydrogen-bond acceptors (Lipinski definition) is 8. The third-order valence-corrected chi connectivity index (χ3v) is 3.75. The molecule has 0 heterocycles. The molecule has 0 saturated carbocycles. The van der Waals surface area contributed by atoms with Crippen LogP contribution in [0.4, 0.5) is 0 Å². The van der Waals surface area contributed by atoms with Crippen LogP contribution in [0.2, 0.25) is 0 Å². The Bertz CT molecular complexity index is 585. The molecule has 13 heteroatoms. The highest BCUT2D eigenvalue weighted by Crippen LogP contribution is 1.99. The van der Waals surface area contributed by atoms with Crippen LogP contribution in [0.1, 0.15) is 20.3 Å². The molecule has 0 aliphatic heterocycles. The van der Waals surface area contributed by atoms with Crippen molar-refractivity contribution in [1.29, 1.82) is 0 Å². The van der Waals surface area contributed by atoms with Crippen molar-refractivity contribution in [2.75, 3.05) is 5.75 Å². The monoisotopic (exact) mass is 408 g/mol. The number of nitrogens with one attached hydrogen (secondary N) is 3. The van der Waals surface area contributed by atoms with E-state index in [1.807, 2.05) is 0 Å². The summed E-state index contributed by atoms with van der Waals surface area (Å²) in [5, 5.41) is 33.4. The Morgan fingerprint density at radius 2 is 1.44 bits per heavy atom. The topological polar surface area (TPSA) is 208 Å². The van der Waals surface area contributed by atoms with Gasteiger partial charge in [-0.3, -0.25) is 19.2 Å². The third kappa shape index (κ3) is 8.70. The Kier molecular flexibility index (Phi) is 10.4. The zero-order valence-corrected chi connectivity index (χ0v) is 15.6. The molecule has 8 N–H and O–H groups in total. The number of carboxylic acids is 2. The molecule has 0 radical (unpaired) electrons. The number of hydrogen-bond donors (Lipinski definition) is 8. The van der Waals surface area contributed by atoms with Gasteiger partial charge in [0, 0.05) is 5.75 Å². The van der Waals surface area contributed by atoms with Gasteiger partial charge in [0.2, 0.25) is 17.7 Å². The summed E-state index contributed by atoms with van der Waals surface area (Å²) >= 11 is 3.76. The van der Waals surface area contributed by atoms with Gasteiger partial charge in [-0.15, -0.1) is 0 Å². The summed E-state index contributed by atoms with van der Waals surface area (Å²) in [6.45, 7) is 2.54. The maximum absolute atomic E-state index is 12.1. The first-order valence-electron chi connectivity index (χ1n) is 7.80. The van der Waals surface area contributed by atoms with Crippen molar-refractivity contribution in [2.24, 2.45) is 5.73 Å². The zero-order valence-electron chi connectivity index (χ0n) is 14.7. The van der Waals surface area contributed by atoms with E-state index in [2.05, 4.69) is 28.6 Å². The predicted octanol–water partition coefficient (Wildman–Crippen LogP) is -3.34. The van der Waals surface area contributed by atoms with Crippen molar-refractivity contribution in [3.05, 3.63) is 0 Å². The normalized spacial score (nSPS) is 16.2. The maximum Gasteiger partial charge on any atom is 0.327 e. The number of carboxylic acid groups (broad SMARTS) is 2. The number of aliphatic hydroxyl groups is 1. The molecular formula is C14H24N4O8S. The molecule has 154 valence electrons. The summed E-state index contributed by atoms with van der Waals surface area (Å²) in [5.41, 5.74) is 5.42. The van der Waals surface area contributed by atoms with Crippen LogP contribution in [0.25, 0.3) is 0 Å². The molecule has 3 amide bonds. The predicted molar refractivity (Wildman–Crippen MR) is 94.9 cm³/mol. The molecule has 5 unspecified atom stereocenters. The molecular weight excluding hydrogens is 384 g/mol.